The molecule has 0 amide bonds. The third-order valence-corrected chi connectivity index (χ3v) is 1.14. The maximum atomic E-state index is 5.44. The third-order valence-electron chi connectivity index (χ3n) is 0.896. The lowest BCUT2D eigenvalue weighted by Gasteiger charge is -1.87. The molecule has 1 aromatic heterocycles. The van der Waals surface area contributed by atoms with Gasteiger partial charge in [-0.15, -0.1) is 11.6 Å². The van der Waals surface area contributed by atoms with Crippen LogP contribution in [0.4, 0.5) is 0 Å². The van der Waals surface area contributed by atoms with Gasteiger partial charge < -0.3 is 0 Å². The lowest BCUT2D eigenvalue weighted by atomic mass is 10.5. The zero-order valence-electron chi connectivity index (χ0n) is 4.63. The van der Waals surface area contributed by atoms with Gasteiger partial charge in [-0.05, 0) is 13.0 Å². The molecule has 0 radical (unpaired) electrons. The predicted octanol–water partition coefficient (Wildman–Crippen LogP) is 1.39. The normalized spacial score (nSPS) is 9.75. The highest BCUT2D eigenvalue weighted by Crippen LogP contribution is 1.92. The Morgan fingerprint density at radius 2 is 2.62 bits per heavy atom. The molecule has 2 nitrogen and oxygen atoms in total. The van der Waals surface area contributed by atoms with Crippen LogP contribution in [0.3, 0.4) is 0 Å². The summed E-state index contributed by atoms with van der Waals surface area (Å²) in [7, 11) is 0. The Morgan fingerprint density at radius 3 is 2.88 bits per heavy atom. The molecule has 44 valence electrons. The standard InChI is InChI=1S/C5H7ClN2/c1-5-2-3-8(4-6)7-5/h2-3H,4H2,1H3. The first-order chi connectivity index (χ1) is 3.83. The van der Waals surface area contributed by atoms with E-state index in [1.54, 1.807) is 4.68 Å². The van der Waals surface area contributed by atoms with Crippen LogP contribution in [0.25, 0.3) is 0 Å². The summed E-state index contributed by atoms with van der Waals surface area (Å²) in [6, 6.07) is 2.36. The van der Waals surface area contributed by atoms with Gasteiger partial charge >= 0.3 is 0 Å². The van der Waals surface area contributed by atoms with Crippen molar-refractivity contribution < 1.29 is 0 Å². The SMILES string of the molecule is Cc1ccn(CCl)n1. The summed E-state index contributed by atoms with van der Waals surface area (Å²) < 4.78 is 1.68. The fraction of sp³-hybridized carbons (Fsp3) is 0.400. The van der Waals surface area contributed by atoms with E-state index in [4.69, 9.17) is 11.6 Å². The molecule has 0 fully saturated rings. The molecule has 0 aromatic carbocycles. The van der Waals surface area contributed by atoms with Crippen molar-refractivity contribution in [2.75, 3.05) is 0 Å². The Balaban J connectivity index is 2.84. The number of hydrogen-bond donors (Lipinski definition) is 0. The molecule has 3 heteroatoms. The van der Waals surface area contributed by atoms with Crippen LogP contribution in [0.1, 0.15) is 5.69 Å². The third kappa shape index (κ3) is 1.01. The molecule has 1 aromatic rings. The van der Waals surface area contributed by atoms with Gasteiger partial charge in [-0.25, -0.2) is 0 Å². The number of hydrogen-bond acceptors (Lipinski definition) is 1. The van der Waals surface area contributed by atoms with Gasteiger partial charge in [0.15, 0.2) is 0 Å². The van der Waals surface area contributed by atoms with Crippen molar-refractivity contribution >= 4 is 11.6 Å². The van der Waals surface area contributed by atoms with Gasteiger partial charge in [-0.3, -0.25) is 4.68 Å². The monoisotopic (exact) mass is 130 g/mol. The number of halogens is 1. The van der Waals surface area contributed by atoms with E-state index in [0.29, 0.717) is 6.00 Å². The maximum absolute atomic E-state index is 5.44. The Bertz CT molecular complexity index is 171. The van der Waals surface area contributed by atoms with E-state index in [1.807, 2.05) is 19.2 Å². The number of aromatic nitrogens is 2. The second-order valence-electron chi connectivity index (χ2n) is 1.62. The first-order valence-electron chi connectivity index (χ1n) is 2.39. The van der Waals surface area contributed by atoms with E-state index in [0.717, 1.165) is 5.69 Å². The number of rotatable bonds is 1. The summed E-state index contributed by atoms with van der Waals surface area (Å²) in [6.07, 6.45) is 1.85. The van der Waals surface area contributed by atoms with Gasteiger partial charge in [0.1, 0.15) is 6.00 Å². The quantitative estimate of drug-likeness (QED) is 0.526. The Labute approximate surface area is 53.1 Å². The van der Waals surface area contributed by atoms with Crippen molar-refractivity contribution in [3.8, 4) is 0 Å². The van der Waals surface area contributed by atoms with Gasteiger partial charge in [0, 0.05) is 6.20 Å². The Hall–Kier alpha value is -0.500. The van der Waals surface area contributed by atoms with Crippen molar-refractivity contribution in [1.82, 2.24) is 9.78 Å². The molecule has 0 bridgehead atoms. The molecule has 0 saturated carbocycles. The summed E-state index contributed by atoms with van der Waals surface area (Å²) in [6.45, 7) is 1.93. The highest BCUT2D eigenvalue weighted by molar-refractivity contribution is 6.15. The molecule has 0 spiro atoms. The van der Waals surface area contributed by atoms with Crippen LogP contribution in [0, 0.1) is 6.92 Å². The average Bonchev–Trinajstić information content (AvgIpc) is 2.14. The Kier molecular flexibility index (Phi) is 1.53. The van der Waals surface area contributed by atoms with Crippen molar-refractivity contribution in [2.45, 2.75) is 12.9 Å². The fourth-order valence-corrected chi connectivity index (χ4v) is 0.663. The van der Waals surface area contributed by atoms with Crippen molar-refractivity contribution in [1.29, 1.82) is 0 Å². The molecule has 0 N–H and O–H groups in total. The van der Waals surface area contributed by atoms with E-state index in [1.165, 1.54) is 0 Å². The van der Waals surface area contributed by atoms with Crippen LogP contribution in [0.5, 0.6) is 0 Å². The largest absolute Gasteiger partial charge is 0.258 e. The van der Waals surface area contributed by atoms with Crippen LogP contribution >= 0.6 is 11.6 Å². The zero-order chi connectivity index (χ0) is 5.98. The lowest BCUT2D eigenvalue weighted by molar-refractivity contribution is 0.734. The molecule has 0 unspecified atom stereocenters. The summed E-state index contributed by atoms with van der Waals surface area (Å²) in [5.74, 6) is 0. The number of alkyl halides is 1. The molecular weight excluding hydrogens is 124 g/mol. The predicted molar refractivity (Wildman–Crippen MR) is 32.8 cm³/mol. The summed E-state index contributed by atoms with van der Waals surface area (Å²) >= 11 is 5.44. The molecule has 0 aliphatic carbocycles. The molecular formula is C5H7ClN2. The minimum atomic E-state index is 0.438. The zero-order valence-corrected chi connectivity index (χ0v) is 5.39. The minimum absolute atomic E-state index is 0.438. The molecule has 0 aliphatic rings. The summed E-state index contributed by atoms with van der Waals surface area (Å²) in [5.41, 5.74) is 1.01. The van der Waals surface area contributed by atoms with E-state index in [9.17, 15) is 0 Å². The second-order valence-corrected chi connectivity index (χ2v) is 1.86. The number of nitrogens with zero attached hydrogens (tertiary/aromatic N) is 2. The first-order valence-corrected chi connectivity index (χ1v) is 2.92. The van der Waals surface area contributed by atoms with E-state index >= 15 is 0 Å². The molecule has 0 atom stereocenters. The lowest BCUT2D eigenvalue weighted by Crippen LogP contribution is -1.91. The van der Waals surface area contributed by atoms with Gasteiger partial charge in [-0.2, -0.15) is 5.10 Å². The van der Waals surface area contributed by atoms with E-state index in [-0.39, 0.29) is 0 Å². The van der Waals surface area contributed by atoms with Gasteiger partial charge in [0.05, 0.1) is 5.69 Å². The van der Waals surface area contributed by atoms with E-state index in [2.05, 4.69) is 5.10 Å². The van der Waals surface area contributed by atoms with Crippen LogP contribution in [-0.2, 0) is 6.00 Å². The summed E-state index contributed by atoms with van der Waals surface area (Å²) in [4.78, 5) is 0. The van der Waals surface area contributed by atoms with Gasteiger partial charge in [-0.1, -0.05) is 0 Å². The average molecular weight is 131 g/mol. The second kappa shape index (κ2) is 2.18. The van der Waals surface area contributed by atoms with Crippen molar-refractivity contribution in [3.63, 3.8) is 0 Å². The van der Waals surface area contributed by atoms with Crippen molar-refractivity contribution in [2.24, 2.45) is 0 Å². The molecule has 0 saturated heterocycles. The van der Waals surface area contributed by atoms with Crippen LogP contribution in [-0.4, -0.2) is 9.78 Å². The highest BCUT2D eigenvalue weighted by Gasteiger charge is 1.87. The number of aryl methyl sites for hydroxylation is 1. The minimum Gasteiger partial charge on any atom is -0.258 e. The van der Waals surface area contributed by atoms with Gasteiger partial charge in [0.2, 0.25) is 0 Å². The Morgan fingerprint density at radius 1 is 1.88 bits per heavy atom. The van der Waals surface area contributed by atoms with Crippen LogP contribution in [0.2, 0.25) is 0 Å². The first kappa shape index (κ1) is 5.63. The fourth-order valence-electron chi connectivity index (χ4n) is 0.530. The maximum Gasteiger partial charge on any atom is 0.115 e. The molecule has 8 heavy (non-hydrogen) atoms. The van der Waals surface area contributed by atoms with Crippen molar-refractivity contribution in [3.05, 3.63) is 18.0 Å². The highest BCUT2D eigenvalue weighted by atomic mass is 35.5. The topological polar surface area (TPSA) is 17.8 Å². The van der Waals surface area contributed by atoms with E-state index < -0.39 is 0 Å². The van der Waals surface area contributed by atoms with Crippen LogP contribution < -0.4 is 0 Å². The molecule has 1 heterocycles. The summed E-state index contributed by atoms with van der Waals surface area (Å²) in [5, 5.41) is 4.01. The van der Waals surface area contributed by atoms with Crippen LogP contribution in [0.15, 0.2) is 12.3 Å². The molecule has 0 aliphatic heterocycles. The molecule has 1 rings (SSSR count). The smallest absolute Gasteiger partial charge is 0.115 e. The van der Waals surface area contributed by atoms with Gasteiger partial charge in [0.25, 0.3) is 0 Å².